The van der Waals surface area contributed by atoms with E-state index in [4.69, 9.17) is 4.55 Å². The predicted molar refractivity (Wildman–Crippen MR) is 45.2 cm³/mol. The van der Waals surface area contributed by atoms with Crippen LogP contribution in [0, 0.1) is 0 Å². The van der Waals surface area contributed by atoms with E-state index in [0.29, 0.717) is 0 Å². The second kappa shape index (κ2) is 5.07. The first kappa shape index (κ1) is 21.2. The number of rotatable bonds is 3. The molecule has 0 saturated carbocycles. The van der Waals surface area contributed by atoms with Gasteiger partial charge >= 0.3 is 35.5 Å². The van der Waals surface area contributed by atoms with E-state index in [1.54, 1.807) is 0 Å². The molecule has 0 radical (unpaired) electrons. The Labute approximate surface area is 124 Å². The molecule has 4 nitrogen and oxygen atoms in total. The molecule has 1 atom stereocenters. The summed E-state index contributed by atoms with van der Waals surface area (Å²) in [5.41, 5.74) is 0. The number of alkyl halides is 12. The normalized spacial score (nSPS) is 28.6. The quantitative estimate of drug-likeness (QED) is 0.335. The van der Waals surface area contributed by atoms with E-state index in [1.165, 1.54) is 0 Å². The lowest BCUT2D eigenvalue weighted by Gasteiger charge is -2.52. The summed E-state index contributed by atoms with van der Waals surface area (Å²) >= 11 is -5.26. The molecule has 0 spiro atoms. The van der Waals surface area contributed by atoms with Gasteiger partial charge in [-0.25, -0.2) is 4.21 Å². The van der Waals surface area contributed by atoms with Crippen molar-refractivity contribution in [3.8, 4) is 0 Å². The van der Waals surface area contributed by atoms with Gasteiger partial charge in [-0.05, 0) is 5.12 Å². The maximum Gasteiger partial charge on any atom is 0.421 e. The van der Waals surface area contributed by atoms with Crippen LogP contribution in [0.4, 0.5) is 57.2 Å². The SMILES string of the molecule is O=S(O)C(F)(F)C(F)(F)N1C(F)(F)C(F)(F)N(F)C(F)(F)C1(F)F. The Kier molecular flexibility index (Phi) is 4.47. The maximum absolute atomic E-state index is 13.2. The molecule has 24 heavy (non-hydrogen) atoms. The first-order valence-electron chi connectivity index (χ1n) is 4.86. The van der Waals surface area contributed by atoms with E-state index in [-0.39, 0.29) is 0 Å². The van der Waals surface area contributed by atoms with Crippen LogP contribution >= 0.6 is 0 Å². The highest BCUT2D eigenvalue weighted by molar-refractivity contribution is 7.80. The van der Waals surface area contributed by atoms with Crippen molar-refractivity contribution in [2.24, 2.45) is 0 Å². The summed E-state index contributed by atoms with van der Waals surface area (Å²) in [6.45, 7) is 0. The zero-order valence-electron chi connectivity index (χ0n) is 10.1. The number of halogens is 13. The van der Waals surface area contributed by atoms with Gasteiger partial charge in [0.1, 0.15) is 0 Å². The van der Waals surface area contributed by atoms with E-state index < -0.39 is 56.6 Å². The molecule has 0 bridgehead atoms. The third kappa shape index (κ3) is 2.22. The van der Waals surface area contributed by atoms with Crippen LogP contribution in [0.25, 0.3) is 0 Å². The molecule has 0 aliphatic carbocycles. The molecule has 1 rings (SSSR count). The molecule has 1 saturated heterocycles. The van der Waals surface area contributed by atoms with E-state index in [2.05, 4.69) is 0 Å². The van der Waals surface area contributed by atoms with Gasteiger partial charge in [-0.1, -0.05) is 0 Å². The topological polar surface area (TPSA) is 43.8 Å². The Morgan fingerprint density at radius 3 is 1.29 bits per heavy atom. The molecule has 1 unspecified atom stereocenters. The van der Waals surface area contributed by atoms with Crippen LogP contribution in [0.15, 0.2) is 0 Å². The van der Waals surface area contributed by atoms with Gasteiger partial charge in [0, 0.05) is 0 Å². The molecule has 1 aliphatic rings. The van der Waals surface area contributed by atoms with Gasteiger partial charge in [-0.15, -0.1) is 9.38 Å². The fourth-order valence-electron chi connectivity index (χ4n) is 1.45. The summed E-state index contributed by atoms with van der Waals surface area (Å²) in [7, 11) is 0. The highest BCUT2D eigenvalue weighted by atomic mass is 32.2. The number of hydrogen-bond donors (Lipinski definition) is 1. The van der Waals surface area contributed by atoms with Gasteiger partial charge < -0.3 is 4.55 Å². The van der Waals surface area contributed by atoms with Gasteiger partial charge in [-0.2, -0.15) is 52.7 Å². The molecule has 18 heteroatoms. The van der Waals surface area contributed by atoms with Gasteiger partial charge in [-0.3, -0.25) is 0 Å². The smallest absolute Gasteiger partial charge is 0.301 e. The Bertz CT molecular complexity index is 523. The fourth-order valence-corrected chi connectivity index (χ4v) is 1.75. The van der Waals surface area contributed by atoms with E-state index in [0.717, 1.165) is 0 Å². The van der Waals surface area contributed by atoms with Gasteiger partial charge in [0.05, 0.1) is 0 Å². The largest absolute Gasteiger partial charge is 0.421 e. The zero-order chi connectivity index (χ0) is 19.7. The van der Waals surface area contributed by atoms with E-state index in [9.17, 15) is 61.4 Å². The Hall–Kier alpha value is -0.880. The van der Waals surface area contributed by atoms with Crippen molar-refractivity contribution < 1.29 is 65.9 Å². The summed E-state index contributed by atoms with van der Waals surface area (Å²) in [5, 5.41) is -10.6. The lowest BCUT2D eigenvalue weighted by atomic mass is 10.2. The van der Waals surface area contributed by atoms with Crippen molar-refractivity contribution in [1.29, 1.82) is 0 Å². The van der Waals surface area contributed by atoms with E-state index in [1.807, 2.05) is 0 Å². The number of nitrogens with zero attached hydrogens (tertiary/aromatic N) is 2. The molecule has 1 aliphatic heterocycles. The van der Waals surface area contributed by atoms with Crippen molar-refractivity contribution in [3.63, 3.8) is 0 Å². The minimum atomic E-state index is -7.45. The van der Waals surface area contributed by atoms with Crippen LogP contribution in [0.3, 0.4) is 0 Å². The summed E-state index contributed by atoms with van der Waals surface area (Å²) in [4.78, 5) is -3.99. The van der Waals surface area contributed by atoms with E-state index >= 15 is 0 Å². The van der Waals surface area contributed by atoms with Crippen molar-refractivity contribution in [2.75, 3.05) is 0 Å². The molecule has 0 aromatic heterocycles. The lowest BCUT2D eigenvalue weighted by molar-refractivity contribution is -0.570. The molecule has 144 valence electrons. The van der Waals surface area contributed by atoms with Crippen molar-refractivity contribution >= 4 is 11.1 Å². The number of hydrogen-bond acceptors (Lipinski definition) is 3. The first-order valence-corrected chi connectivity index (χ1v) is 5.96. The van der Waals surface area contributed by atoms with Crippen LogP contribution < -0.4 is 0 Å². The van der Waals surface area contributed by atoms with Crippen molar-refractivity contribution in [1.82, 2.24) is 10.0 Å². The van der Waals surface area contributed by atoms with Crippen molar-refractivity contribution in [2.45, 2.75) is 35.5 Å². The standard InChI is InChI=1S/C6HF13N2O2S/c7-1(8)3(11,12)21(19)4(13,14)2(9,10)20(1)5(15,16)6(17,18)24(22)23/h(H,22,23). The third-order valence-electron chi connectivity index (χ3n) is 2.63. The molecular weight excluding hydrogens is 411 g/mol. The van der Waals surface area contributed by atoms with Crippen molar-refractivity contribution in [3.05, 3.63) is 0 Å². The van der Waals surface area contributed by atoms with Crippen LogP contribution in [-0.4, -0.2) is 54.3 Å². The van der Waals surface area contributed by atoms with Gasteiger partial charge in [0.15, 0.2) is 0 Å². The molecule has 1 heterocycles. The second-order valence-corrected chi connectivity index (χ2v) is 5.10. The summed E-state index contributed by atoms with van der Waals surface area (Å²) in [6, 6.07) is -36.5. The summed E-state index contributed by atoms with van der Waals surface area (Å²) in [5.74, 6) is 0. The third-order valence-corrected chi connectivity index (χ3v) is 3.31. The van der Waals surface area contributed by atoms with Crippen LogP contribution in [0.5, 0.6) is 0 Å². The Balaban J connectivity index is 3.79. The highest BCUT2D eigenvalue weighted by Crippen LogP contribution is 2.62. The number of piperazine rings is 1. The average molecular weight is 412 g/mol. The minimum Gasteiger partial charge on any atom is -0.301 e. The summed E-state index contributed by atoms with van der Waals surface area (Å²) in [6.07, 6.45) is 0. The fraction of sp³-hybridized carbons (Fsp3) is 1.00. The molecule has 0 aromatic carbocycles. The molecule has 1 N–H and O–H groups in total. The predicted octanol–water partition coefficient (Wildman–Crippen LogP) is 3.27. The Morgan fingerprint density at radius 1 is 0.750 bits per heavy atom. The van der Waals surface area contributed by atoms with Gasteiger partial charge in [0.25, 0.3) is 0 Å². The van der Waals surface area contributed by atoms with Crippen LogP contribution in [0.2, 0.25) is 0 Å². The monoisotopic (exact) mass is 412 g/mol. The molecule has 0 aromatic rings. The van der Waals surface area contributed by atoms with Gasteiger partial charge in [0.2, 0.25) is 11.1 Å². The molecular formula is C6HF13N2O2S. The minimum absolute atomic E-state index is 3.78. The van der Waals surface area contributed by atoms with Crippen LogP contribution in [-0.2, 0) is 11.1 Å². The lowest BCUT2D eigenvalue weighted by Crippen LogP contribution is -2.83. The van der Waals surface area contributed by atoms with Crippen LogP contribution in [0.1, 0.15) is 0 Å². The molecule has 1 fully saturated rings. The second-order valence-electron chi connectivity index (χ2n) is 4.09. The summed E-state index contributed by atoms with van der Waals surface area (Å²) < 4.78 is 186. The molecule has 0 amide bonds. The highest BCUT2D eigenvalue weighted by Gasteiger charge is 2.92. The Morgan fingerprint density at radius 2 is 1.04 bits per heavy atom. The first-order chi connectivity index (χ1) is 10.2. The maximum atomic E-state index is 13.2. The zero-order valence-corrected chi connectivity index (χ0v) is 10.9. The average Bonchev–Trinajstić information content (AvgIpc) is 2.34.